The molecule has 1 aliphatic heterocycles. The van der Waals surface area contributed by atoms with Gasteiger partial charge in [0.1, 0.15) is 5.82 Å². The molecule has 0 aliphatic carbocycles. The van der Waals surface area contributed by atoms with Crippen LogP contribution >= 0.6 is 11.3 Å². The van der Waals surface area contributed by atoms with E-state index in [2.05, 4.69) is 39.4 Å². The van der Waals surface area contributed by atoms with Gasteiger partial charge in [-0.15, -0.1) is 11.3 Å². The second-order valence-corrected chi connectivity index (χ2v) is 8.07. The lowest BCUT2D eigenvalue weighted by Crippen LogP contribution is -2.51. The zero-order chi connectivity index (χ0) is 21.2. The van der Waals surface area contributed by atoms with Crippen molar-refractivity contribution in [2.45, 2.75) is 32.7 Å². The molecular formula is C19H30N6O3S. The van der Waals surface area contributed by atoms with Crippen LogP contribution in [0.5, 0.6) is 0 Å². The number of nitrogens with one attached hydrogen (secondary N) is 1. The first kappa shape index (κ1) is 22.8. The van der Waals surface area contributed by atoms with Crippen molar-refractivity contribution in [3.63, 3.8) is 0 Å². The van der Waals surface area contributed by atoms with E-state index < -0.39 is 0 Å². The van der Waals surface area contributed by atoms with Crippen LogP contribution in [0.3, 0.4) is 0 Å². The number of imidazole rings is 1. The van der Waals surface area contributed by atoms with Crippen molar-refractivity contribution < 1.29 is 14.7 Å². The number of hydrogen-bond donors (Lipinski definition) is 2. The van der Waals surface area contributed by atoms with Crippen LogP contribution in [0.4, 0.5) is 4.79 Å². The van der Waals surface area contributed by atoms with Crippen molar-refractivity contribution >= 4 is 23.8 Å². The summed E-state index contributed by atoms with van der Waals surface area (Å²) in [6, 6.07) is 0.0299. The van der Waals surface area contributed by atoms with E-state index in [0.29, 0.717) is 12.5 Å². The number of carbonyl (C=O) groups is 2. The number of rotatable bonds is 6. The molecule has 29 heavy (non-hydrogen) atoms. The van der Waals surface area contributed by atoms with E-state index in [1.807, 2.05) is 28.9 Å². The molecule has 0 spiro atoms. The topological polar surface area (TPSA) is 104 Å². The molecule has 2 amide bonds. The summed E-state index contributed by atoms with van der Waals surface area (Å²) in [5.74, 6) is 1.52. The van der Waals surface area contributed by atoms with Gasteiger partial charge in [-0.3, -0.25) is 9.69 Å². The van der Waals surface area contributed by atoms with Crippen molar-refractivity contribution in [2.24, 2.45) is 7.05 Å². The molecule has 1 fully saturated rings. The minimum atomic E-state index is -0.250. The third kappa shape index (κ3) is 7.13. The molecular weight excluding hydrogens is 392 g/mol. The molecule has 2 aromatic rings. The summed E-state index contributed by atoms with van der Waals surface area (Å²) in [6.45, 7) is 8.78. The van der Waals surface area contributed by atoms with Gasteiger partial charge in [0.2, 0.25) is 0 Å². The maximum absolute atomic E-state index is 12.3. The normalized spacial score (nSPS) is 14.4. The average Bonchev–Trinajstić information content (AvgIpc) is 3.33. The molecule has 0 radical (unpaired) electrons. The zero-order valence-corrected chi connectivity index (χ0v) is 18.1. The van der Waals surface area contributed by atoms with Crippen LogP contribution in [0, 0.1) is 0 Å². The van der Waals surface area contributed by atoms with E-state index in [-0.39, 0.29) is 12.5 Å². The molecule has 0 unspecified atom stereocenters. The third-order valence-corrected chi connectivity index (χ3v) is 5.65. The minimum Gasteiger partial charge on any atom is -0.483 e. The van der Waals surface area contributed by atoms with Crippen molar-refractivity contribution in [2.75, 3.05) is 32.7 Å². The number of nitrogens with zero attached hydrogens (tertiary/aromatic N) is 5. The van der Waals surface area contributed by atoms with E-state index in [0.717, 1.165) is 55.7 Å². The molecule has 3 heterocycles. The average molecular weight is 423 g/mol. The second kappa shape index (κ2) is 11.5. The van der Waals surface area contributed by atoms with Crippen LogP contribution in [0.1, 0.15) is 36.3 Å². The van der Waals surface area contributed by atoms with Gasteiger partial charge >= 0.3 is 6.03 Å². The largest absolute Gasteiger partial charge is 0.483 e. The highest BCUT2D eigenvalue weighted by Crippen LogP contribution is 2.17. The maximum atomic E-state index is 12.3. The van der Waals surface area contributed by atoms with Crippen LogP contribution in [0.15, 0.2) is 17.8 Å². The van der Waals surface area contributed by atoms with Crippen molar-refractivity contribution in [3.05, 3.63) is 34.3 Å². The SMILES string of the molecule is CC(C)c1csc(CCNC(=O)N2CCN(Cc3nccn3C)CC2)n1.O=CO. The number of aromatic nitrogens is 3. The van der Waals surface area contributed by atoms with E-state index >= 15 is 0 Å². The van der Waals surface area contributed by atoms with Gasteiger partial charge in [-0.05, 0) is 5.92 Å². The number of piperazine rings is 1. The van der Waals surface area contributed by atoms with Gasteiger partial charge < -0.3 is 19.9 Å². The number of carboxylic acid groups (broad SMARTS) is 1. The van der Waals surface area contributed by atoms with Gasteiger partial charge in [0, 0.05) is 64.0 Å². The third-order valence-electron chi connectivity index (χ3n) is 4.72. The first-order valence-corrected chi connectivity index (χ1v) is 10.6. The number of hydrogen-bond acceptors (Lipinski definition) is 6. The van der Waals surface area contributed by atoms with Crippen molar-refractivity contribution in [1.82, 2.24) is 29.7 Å². The van der Waals surface area contributed by atoms with Crippen LogP contribution in [-0.4, -0.2) is 74.7 Å². The Bertz CT molecular complexity index is 768. The Hall–Kier alpha value is -2.46. The highest BCUT2D eigenvalue weighted by atomic mass is 32.1. The molecule has 9 nitrogen and oxygen atoms in total. The highest BCUT2D eigenvalue weighted by Gasteiger charge is 2.21. The quantitative estimate of drug-likeness (QED) is 0.688. The number of thiazole rings is 1. The summed E-state index contributed by atoms with van der Waals surface area (Å²) >= 11 is 1.68. The Kier molecular flexibility index (Phi) is 9.07. The first-order chi connectivity index (χ1) is 13.9. The molecule has 3 rings (SSSR count). The van der Waals surface area contributed by atoms with E-state index in [1.54, 1.807) is 11.3 Å². The fourth-order valence-electron chi connectivity index (χ4n) is 2.95. The summed E-state index contributed by atoms with van der Waals surface area (Å²) in [5.41, 5.74) is 1.14. The molecule has 1 saturated heterocycles. The second-order valence-electron chi connectivity index (χ2n) is 7.13. The van der Waals surface area contributed by atoms with Gasteiger partial charge in [-0.1, -0.05) is 13.8 Å². The number of urea groups is 1. The van der Waals surface area contributed by atoms with E-state index in [1.165, 1.54) is 0 Å². The minimum absolute atomic E-state index is 0.0299. The first-order valence-electron chi connectivity index (χ1n) is 9.68. The molecule has 0 aromatic carbocycles. The maximum Gasteiger partial charge on any atom is 0.317 e. The number of carbonyl (C=O) groups excluding carboxylic acids is 1. The summed E-state index contributed by atoms with van der Waals surface area (Å²) < 4.78 is 2.04. The number of aryl methyl sites for hydroxylation is 1. The van der Waals surface area contributed by atoms with Gasteiger partial charge in [-0.2, -0.15) is 0 Å². The predicted molar refractivity (Wildman–Crippen MR) is 112 cm³/mol. The summed E-state index contributed by atoms with van der Waals surface area (Å²) in [4.78, 5) is 33.9. The molecule has 1 aliphatic rings. The predicted octanol–water partition coefficient (Wildman–Crippen LogP) is 1.77. The zero-order valence-electron chi connectivity index (χ0n) is 17.2. The smallest absolute Gasteiger partial charge is 0.317 e. The lowest BCUT2D eigenvalue weighted by Gasteiger charge is -2.34. The number of amides is 2. The molecule has 0 saturated carbocycles. The molecule has 10 heteroatoms. The summed E-state index contributed by atoms with van der Waals surface area (Å²) in [7, 11) is 2.01. The monoisotopic (exact) mass is 422 g/mol. The Morgan fingerprint density at radius 2 is 2.03 bits per heavy atom. The Balaban J connectivity index is 0.000000941. The lowest BCUT2D eigenvalue weighted by molar-refractivity contribution is -0.122. The Morgan fingerprint density at radius 1 is 1.34 bits per heavy atom. The van der Waals surface area contributed by atoms with E-state index in [9.17, 15) is 4.79 Å². The van der Waals surface area contributed by atoms with Gasteiger partial charge in [0.05, 0.1) is 17.2 Å². The fourth-order valence-corrected chi connectivity index (χ4v) is 3.91. The van der Waals surface area contributed by atoms with Crippen LogP contribution < -0.4 is 5.32 Å². The van der Waals surface area contributed by atoms with Crippen LogP contribution in [0.2, 0.25) is 0 Å². The van der Waals surface area contributed by atoms with Crippen LogP contribution in [0.25, 0.3) is 0 Å². The summed E-state index contributed by atoms with van der Waals surface area (Å²) in [6.07, 6.45) is 4.58. The summed E-state index contributed by atoms with van der Waals surface area (Å²) in [5, 5.41) is 13.1. The highest BCUT2D eigenvalue weighted by molar-refractivity contribution is 7.09. The molecule has 0 atom stereocenters. The van der Waals surface area contributed by atoms with Crippen LogP contribution in [-0.2, 0) is 24.8 Å². The van der Waals surface area contributed by atoms with Crippen molar-refractivity contribution in [1.29, 1.82) is 0 Å². The molecule has 2 N–H and O–H groups in total. The fraction of sp³-hybridized carbons (Fsp3) is 0.579. The van der Waals surface area contributed by atoms with E-state index in [4.69, 9.17) is 9.90 Å². The van der Waals surface area contributed by atoms with Gasteiger partial charge in [-0.25, -0.2) is 14.8 Å². The Morgan fingerprint density at radius 3 is 2.59 bits per heavy atom. The Labute approximate surface area is 175 Å². The van der Waals surface area contributed by atoms with Gasteiger partial charge in [0.15, 0.2) is 0 Å². The molecule has 2 aromatic heterocycles. The van der Waals surface area contributed by atoms with Crippen molar-refractivity contribution in [3.8, 4) is 0 Å². The molecule has 160 valence electrons. The molecule has 0 bridgehead atoms. The standard InChI is InChI=1S/C18H28N6OS.CH2O2/c1-14(2)15-13-26-17(21-15)4-5-20-18(25)24-10-8-23(9-11-24)12-16-19-6-7-22(16)3;2-1-3/h6-7,13-14H,4-5,8-12H2,1-3H3,(H,20,25);1H,(H,2,3). The van der Waals surface area contributed by atoms with Gasteiger partial charge in [0.25, 0.3) is 6.47 Å². The lowest BCUT2D eigenvalue weighted by atomic mass is 10.2.